The van der Waals surface area contributed by atoms with Crippen LogP contribution in [0.3, 0.4) is 0 Å². The number of ether oxygens (including phenoxy) is 3. The third kappa shape index (κ3) is 16.6. The van der Waals surface area contributed by atoms with Gasteiger partial charge in [-0.15, -0.1) is 0 Å². The average Bonchev–Trinajstić information content (AvgIpc) is 2.54. The molecule has 0 aromatic rings. The minimum Gasteiger partial charge on any atom is -0.462 e. The molecular weight excluding hydrogens is 350 g/mol. The van der Waals surface area contributed by atoms with Gasteiger partial charge in [-0.2, -0.15) is 0 Å². The van der Waals surface area contributed by atoms with Gasteiger partial charge in [0.05, 0.1) is 25.9 Å². The van der Waals surface area contributed by atoms with Crippen LogP contribution in [0, 0.1) is 0 Å². The summed E-state index contributed by atoms with van der Waals surface area (Å²) in [6.45, 7) is 9.22. The molecule has 160 valence electrons. The zero-order chi connectivity index (χ0) is 20.7. The Hall–Kier alpha value is -1.34. The summed E-state index contributed by atoms with van der Waals surface area (Å²) in [5, 5.41) is 11.9. The first-order valence-electron chi connectivity index (χ1n) is 10.0. The van der Waals surface area contributed by atoms with Crippen LogP contribution < -0.4 is 5.32 Å². The number of unbranched alkanes of at least 4 members (excludes halogenated alkanes) is 4. The van der Waals surface area contributed by atoms with Gasteiger partial charge < -0.3 is 24.6 Å². The summed E-state index contributed by atoms with van der Waals surface area (Å²) < 4.78 is 16.1. The number of nitrogens with one attached hydrogen (secondary N) is 1. The Labute approximate surface area is 164 Å². The van der Waals surface area contributed by atoms with E-state index in [1.54, 1.807) is 20.8 Å². The summed E-state index contributed by atoms with van der Waals surface area (Å²) in [6.07, 6.45) is 6.47. The SMILES string of the molecule is CCCCCCC[C@H](CCOCC(CO)NC(=O)OC(C)(C)C)OC(C)=O. The van der Waals surface area contributed by atoms with Crippen molar-refractivity contribution in [2.45, 2.75) is 97.3 Å². The Bertz CT molecular complexity index is 408. The lowest BCUT2D eigenvalue weighted by molar-refractivity contribution is -0.147. The van der Waals surface area contributed by atoms with Gasteiger partial charge in [0.25, 0.3) is 0 Å². The predicted molar refractivity (Wildman–Crippen MR) is 105 cm³/mol. The Morgan fingerprint density at radius 3 is 2.30 bits per heavy atom. The number of carbonyl (C=O) groups is 2. The van der Waals surface area contributed by atoms with E-state index in [-0.39, 0.29) is 25.3 Å². The molecule has 0 radical (unpaired) electrons. The number of amides is 1. The van der Waals surface area contributed by atoms with Crippen LogP contribution in [-0.4, -0.2) is 54.7 Å². The first-order valence-corrected chi connectivity index (χ1v) is 10.0. The lowest BCUT2D eigenvalue weighted by Crippen LogP contribution is -2.43. The van der Waals surface area contributed by atoms with Crippen molar-refractivity contribution in [1.82, 2.24) is 5.32 Å². The topological polar surface area (TPSA) is 94.1 Å². The van der Waals surface area contributed by atoms with E-state index in [4.69, 9.17) is 14.2 Å². The van der Waals surface area contributed by atoms with Crippen LogP contribution >= 0.6 is 0 Å². The molecule has 0 bridgehead atoms. The first kappa shape index (κ1) is 25.7. The summed E-state index contributed by atoms with van der Waals surface area (Å²) in [7, 11) is 0. The molecule has 1 unspecified atom stereocenters. The number of carbonyl (C=O) groups excluding carboxylic acids is 2. The van der Waals surface area contributed by atoms with E-state index >= 15 is 0 Å². The zero-order valence-corrected chi connectivity index (χ0v) is 17.7. The van der Waals surface area contributed by atoms with Gasteiger partial charge in [-0.05, 0) is 33.6 Å². The third-order valence-electron chi connectivity index (χ3n) is 3.81. The second-order valence-corrected chi connectivity index (χ2v) is 7.82. The average molecular weight is 390 g/mol. The van der Waals surface area contributed by atoms with Crippen LogP contribution in [0.1, 0.15) is 79.6 Å². The van der Waals surface area contributed by atoms with E-state index in [0.717, 1.165) is 19.3 Å². The van der Waals surface area contributed by atoms with Gasteiger partial charge >= 0.3 is 12.1 Å². The summed E-state index contributed by atoms with van der Waals surface area (Å²) in [4.78, 5) is 23.0. The molecule has 0 aliphatic rings. The Kier molecular flexibility index (Phi) is 14.0. The fraction of sp³-hybridized carbons (Fsp3) is 0.900. The van der Waals surface area contributed by atoms with E-state index in [1.165, 1.54) is 26.2 Å². The number of aliphatic hydroxyl groups excluding tert-OH is 1. The van der Waals surface area contributed by atoms with Crippen molar-refractivity contribution in [2.75, 3.05) is 19.8 Å². The maximum atomic E-state index is 11.7. The molecule has 0 aliphatic heterocycles. The van der Waals surface area contributed by atoms with E-state index in [9.17, 15) is 14.7 Å². The summed E-state index contributed by atoms with van der Waals surface area (Å²) >= 11 is 0. The molecule has 27 heavy (non-hydrogen) atoms. The molecule has 7 nitrogen and oxygen atoms in total. The molecule has 7 heteroatoms. The van der Waals surface area contributed by atoms with Crippen molar-refractivity contribution in [2.24, 2.45) is 0 Å². The molecule has 0 saturated carbocycles. The number of hydrogen-bond acceptors (Lipinski definition) is 6. The van der Waals surface area contributed by atoms with Crippen molar-refractivity contribution in [1.29, 1.82) is 0 Å². The lowest BCUT2D eigenvalue weighted by Gasteiger charge is -2.23. The smallest absolute Gasteiger partial charge is 0.408 e. The first-order chi connectivity index (χ1) is 12.7. The summed E-state index contributed by atoms with van der Waals surface area (Å²) in [5.74, 6) is -0.284. The number of alkyl carbamates (subject to hydrolysis) is 1. The monoisotopic (exact) mass is 389 g/mol. The number of aliphatic hydroxyl groups is 1. The summed E-state index contributed by atoms with van der Waals surface area (Å²) in [6, 6.07) is -0.541. The molecule has 0 aromatic carbocycles. The quantitative estimate of drug-likeness (QED) is 0.348. The van der Waals surface area contributed by atoms with E-state index in [2.05, 4.69) is 12.2 Å². The Morgan fingerprint density at radius 1 is 1.07 bits per heavy atom. The minimum atomic E-state index is -0.598. The largest absolute Gasteiger partial charge is 0.462 e. The van der Waals surface area contributed by atoms with Crippen LogP contribution in [-0.2, 0) is 19.0 Å². The Morgan fingerprint density at radius 2 is 1.74 bits per heavy atom. The lowest BCUT2D eigenvalue weighted by atomic mass is 10.1. The minimum absolute atomic E-state index is 0.157. The standard InChI is InChI=1S/C20H39NO6/c1-6-7-8-9-10-11-18(26-16(2)23)12-13-25-15-17(14-22)21-19(24)27-20(3,4)5/h17-18,22H,6-15H2,1-5H3,(H,21,24)/t17?,18-/m1/s1. The molecule has 0 fully saturated rings. The number of hydrogen-bond donors (Lipinski definition) is 2. The molecule has 2 atom stereocenters. The number of rotatable bonds is 14. The van der Waals surface area contributed by atoms with Gasteiger partial charge in [-0.25, -0.2) is 4.79 Å². The molecule has 0 heterocycles. The van der Waals surface area contributed by atoms with Crippen LogP contribution in [0.4, 0.5) is 4.79 Å². The van der Waals surface area contributed by atoms with Crippen LogP contribution in [0.2, 0.25) is 0 Å². The fourth-order valence-electron chi connectivity index (χ4n) is 2.53. The highest BCUT2D eigenvalue weighted by molar-refractivity contribution is 5.68. The second-order valence-electron chi connectivity index (χ2n) is 7.82. The maximum Gasteiger partial charge on any atom is 0.408 e. The van der Waals surface area contributed by atoms with Crippen LogP contribution in [0.15, 0.2) is 0 Å². The highest BCUT2D eigenvalue weighted by Gasteiger charge is 2.19. The zero-order valence-electron chi connectivity index (χ0n) is 17.7. The van der Waals surface area contributed by atoms with Gasteiger partial charge in [-0.1, -0.05) is 32.6 Å². The van der Waals surface area contributed by atoms with E-state index < -0.39 is 17.7 Å². The Balaban J connectivity index is 4.12. The van der Waals surface area contributed by atoms with Gasteiger partial charge in [0, 0.05) is 13.3 Å². The van der Waals surface area contributed by atoms with Crippen molar-refractivity contribution >= 4 is 12.1 Å². The van der Waals surface area contributed by atoms with Crippen molar-refractivity contribution in [3.63, 3.8) is 0 Å². The van der Waals surface area contributed by atoms with Crippen molar-refractivity contribution in [3.05, 3.63) is 0 Å². The van der Waals surface area contributed by atoms with E-state index in [0.29, 0.717) is 13.0 Å². The van der Waals surface area contributed by atoms with Gasteiger partial charge in [0.1, 0.15) is 11.7 Å². The number of esters is 1. The van der Waals surface area contributed by atoms with Crippen LogP contribution in [0.25, 0.3) is 0 Å². The van der Waals surface area contributed by atoms with Crippen LogP contribution in [0.5, 0.6) is 0 Å². The maximum absolute atomic E-state index is 11.7. The molecule has 1 amide bonds. The van der Waals surface area contributed by atoms with Gasteiger partial charge in [0.2, 0.25) is 0 Å². The molecular formula is C20H39NO6. The molecule has 0 rings (SSSR count). The predicted octanol–water partition coefficient (Wildman–Crippen LogP) is 3.57. The highest BCUT2D eigenvalue weighted by atomic mass is 16.6. The second kappa shape index (κ2) is 14.7. The van der Waals surface area contributed by atoms with Crippen molar-refractivity contribution in [3.8, 4) is 0 Å². The van der Waals surface area contributed by atoms with Gasteiger partial charge in [0.15, 0.2) is 0 Å². The van der Waals surface area contributed by atoms with Crippen molar-refractivity contribution < 1.29 is 28.9 Å². The molecule has 0 aromatic heterocycles. The molecule has 0 aliphatic carbocycles. The van der Waals surface area contributed by atoms with E-state index in [1.807, 2.05) is 0 Å². The molecule has 0 saturated heterocycles. The highest BCUT2D eigenvalue weighted by Crippen LogP contribution is 2.13. The fourth-order valence-corrected chi connectivity index (χ4v) is 2.53. The molecule has 2 N–H and O–H groups in total. The third-order valence-corrected chi connectivity index (χ3v) is 3.81. The molecule has 0 spiro atoms. The summed E-state index contributed by atoms with van der Waals surface area (Å²) in [5.41, 5.74) is -0.598. The van der Waals surface area contributed by atoms with Gasteiger partial charge in [-0.3, -0.25) is 4.79 Å². The normalized spacial score (nSPS) is 13.7.